The molecule has 106 valence electrons. The zero-order chi connectivity index (χ0) is 14.4. The van der Waals surface area contributed by atoms with Crippen LogP contribution < -0.4 is 0 Å². The van der Waals surface area contributed by atoms with E-state index < -0.39 is 16.7 Å². The van der Waals surface area contributed by atoms with Gasteiger partial charge >= 0.3 is 5.88 Å². The summed E-state index contributed by atoms with van der Waals surface area (Å²) < 4.78 is 4.90. The fraction of sp³-hybridized carbons (Fsp3) is 0.583. The fourth-order valence-electron chi connectivity index (χ4n) is 1.97. The molecule has 19 heavy (non-hydrogen) atoms. The minimum atomic E-state index is -0.690. The number of nitrogens with zero attached hydrogens (tertiary/aromatic N) is 2. The molecule has 0 aliphatic rings. The zero-order valence-corrected chi connectivity index (χ0v) is 11.0. The third-order valence-corrected chi connectivity index (χ3v) is 2.97. The molecular formula is C12H18N2O5. The van der Waals surface area contributed by atoms with Crippen LogP contribution in [0.5, 0.6) is 0 Å². The van der Waals surface area contributed by atoms with E-state index in [-0.39, 0.29) is 25.0 Å². The number of hydrogen-bond donors (Lipinski definition) is 1. The van der Waals surface area contributed by atoms with E-state index in [2.05, 4.69) is 0 Å². The van der Waals surface area contributed by atoms with Gasteiger partial charge in [-0.25, -0.2) is 0 Å². The van der Waals surface area contributed by atoms with E-state index in [9.17, 15) is 14.9 Å². The highest BCUT2D eigenvalue weighted by Crippen LogP contribution is 2.19. The summed E-state index contributed by atoms with van der Waals surface area (Å²) in [5.74, 6) is -0.972. The first-order chi connectivity index (χ1) is 9.04. The summed E-state index contributed by atoms with van der Waals surface area (Å²) in [5.41, 5.74) is 0. The van der Waals surface area contributed by atoms with E-state index in [0.29, 0.717) is 0 Å². The molecule has 1 amide bonds. The van der Waals surface area contributed by atoms with E-state index in [4.69, 9.17) is 9.52 Å². The second-order valence-electron chi connectivity index (χ2n) is 4.09. The quantitative estimate of drug-likeness (QED) is 0.602. The van der Waals surface area contributed by atoms with Crippen molar-refractivity contribution >= 4 is 11.8 Å². The van der Waals surface area contributed by atoms with Gasteiger partial charge < -0.3 is 14.4 Å². The summed E-state index contributed by atoms with van der Waals surface area (Å²) in [6.07, 6.45) is 1.48. The van der Waals surface area contributed by atoms with Crippen molar-refractivity contribution in [3.8, 4) is 0 Å². The third-order valence-electron chi connectivity index (χ3n) is 2.97. The van der Waals surface area contributed by atoms with Crippen molar-refractivity contribution in [1.82, 2.24) is 4.90 Å². The van der Waals surface area contributed by atoms with Crippen LogP contribution in [0.15, 0.2) is 16.5 Å². The van der Waals surface area contributed by atoms with Gasteiger partial charge in [0.2, 0.25) is 0 Å². The maximum absolute atomic E-state index is 12.2. The van der Waals surface area contributed by atoms with E-state index in [1.807, 2.05) is 13.8 Å². The predicted octanol–water partition coefficient (Wildman–Crippen LogP) is 1.81. The van der Waals surface area contributed by atoms with Gasteiger partial charge in [0, 0.05) is 12.6 Å². The van der Waals surface area contributed by atoms with Crippen molar-refractivity contribution in [1.29, 1.82) is 0 Å². The van der Waals surface area contributed by atoms with Crippen molar-refractivity contribution in [2.24, 2.45) is 0 Å². The Kier molecular flexibility index (Phi) is 5.50. The highest BCUT2D eigenvalue weighted by Gasteiger charge is 2.26. The second-order valence-corrected chi connectivity index (χ2v) is 4.09. The van der Waals surface area contributed by atoms with Crippen LogP contribution in [0.1, 0.15) is 37.2 Å². The number of aliphatic hydroxyl groups is 1. The number of aliphatic hydroxyl groups excluding tert-OH is 1. The van der Waals surface area contributed by atoms with Crippen molar-refractivity contribution in [2.45, 2.75) is 32.7 Å². The Balaban J connectivity index is 2.94. The summed E-state index contributed by atoms with van der Waals surface area (Å²) in [5, 5.41) is 19.6. The smallest absolute Gasteiger partial charge is 0.395 e. The van der Waals surface area contributed by atoms with Crippen molar-refractivity contribution in [2.75, 3.05) is 13.2 Å². The summed E-state index contributed by atoms with van der Waals surface area (Å²) in [4.78, 5) is 23.6. The van der Waals surface area contributed by atoms with Crippen molar-refractivity contribution in [3.63, 3.8) is 0 Å². The summed E-state index contributed by atoms with van der Waals surface area (Å²) >= 11 is 0. The average Bonchev–Trinajstić information content (AvgIpc) is 2.88. The number of rotatable bonds is 7. The lowest BCUT2D eigenvalue weighted by Gasteiger charge is -2.29. The lowest BCUT2D eigenvalue weighted by atomic mass is 10.1. The van der Waals surface area contributed by atoms with Gasteiger partial charge in [-0.05, 0) is 18.9 Å². The molecule has 1 aromatic heterocycles. The number of carbonyl (C=O) groups excluding carboxylic acids is 1. The third kappa shape index (κ3) is 3.54. The van der Waals surface area contributed by atoms with Gasteiger partial charge in [-0.1, -0.05) is 13.8 Å². The Labute approximate surface area is 111 Å². The molecule has 0 aliphatic carbocycles. The maximum Gasteiger partial charge on any atom is 0.433 e. The van der Waals surface area contributed by atoms with Gasteiger partial charge in [0.15, 0.2) is 5.76 Å². The lowest BCUT2D eigenvalue weighted by molar-refractivity contribution is -0.402. The topological polar surface area (TPSA) is 96.8 Å². The molecule has 0 bridgehead atoms. The van der Waals surface area contributed by atoms with Gasteiger partial charge in [-0.3, -0.25) is 14.9 Å². The molecule has 0 aromatic carbocycles. The lowest BCUT2D eigenvalue weighted by Crippen LogP contribution is -2.41. The Bertz CT molecular complexity index is 439. The standard InChI is InChI=1S/C12H18N2O5/c1-3-9(4-2)13(7-8-15)12(16)10-5-6-11(19-10)14(17)18/h5-6,9,15H,3-4,7-8H2,1-2H3. The molecule has 0 saturated heterocycles. The second kappa shape index (κ2) is 6.89. The van der Waals surface area contributed by atoms with Crippen LogP contribution in [0.4, 0.5) is 5.88 Å². The van der Waals surface area contributed by atoms with Crippen LogP contribution >= 0.6 is 0 Å². The fourth-order valence-corrected chi connectivity index (χ4v) is 1.97. The molecule has 1 heterocycles. The highest BCUT2D eigenvalue weighted by atomic mass is 16.6. The largest absolute Gasteiger partial charge is 0.433 e. The highest BCUT2D eigenvalue weighted by molar-refractivity contribution is 5.92. The van der Waals surface area contributed by atoms with Crippen LogP contribution in [0.25, 0.3) is 0 Å². The molecule has 7 nitrogen and oxygen atoms in total. The molecule has 0 atom stereocenters. The van der Waals surface area contributed by atoms with Gasteiger partial charge in [0.05, 0.1) is 12.7 Å². The molecule has 0 fully saturated rings. The molecule has 1 aromatic rings. The normalized spacial score (nSPS) is 10.7. The van der Waals surface area contributed by atoms with Gasteiger partial charge in [-0.2, -0.15) is 0 Å². The van der Waals surface area contributed by atoms with E-state index in [1.165, 1.54) is 11.0 Å². The van der Waals surface area contributed by atoms with Crippen LogP contribution in [0.2, 0.25) is 0 Å². The minimum Gasteiger partial charge on any atom is -0.395 e. The molecule has 0 aliphatic heterocycles. The molecular weight excluding hydrogens is 252 g/mol. The predicted molar refractivity (Wildman–Crippen MR) is 67.9 cm³/mol. The van der Waals surface area contributed by atoms with Crippen LogP contribution in [-0.4, -0.2) is 40.0 Å². The van der Waals surface area contributed by atoms with Crippen molar-refractivity contribution < 1.29 is 19.2 Å². The SMILES string of the molecule is CCC(CC)N(CCO)C(=O)c1ccc([N+](=O)[O-])o1. The zero-order valence-electron chi connectivity index (χ0n) is 11.0. The molecule has 7 heteroatoms. The first-order valence-corrected chi connectivity index (χ1v) is 6.21. The Morgan fingerprint density at radius 3 is 2.53 bits per heavy atom. The monoisotopic (exact) mass is 270 g/mol. The van der Waals surface area contributed by atoms with Crippen molar-refractivity contribution in [3.05, 3.63) is 28.0 Å². The number of carbonyl (C=O) groups is 1. The van der Waals surface area contributed by atoms with Crippen LogP contribution in [0.3, 0.4) is 0 Å². The first kappa shape index (κ1) is 15.2. The van der Waals surface area contributed by atoms with Crippen LogP contribution in [0, 0.1) is 10.1 Å². The van der Waals surface area contributed by atoms with Crippen LogP contribution in [-0.2, 0) is 0 Å². The Morgan fingerprint density at radius 1 is 1.47 bits per heavy atom. The Hall–Kier alpha value is -1.89. The van der Waals surface area contributed by atoms with Gasteiger partial charge in [-0.15, -0.1) is 0 Å². The Morgan fingerprint density at radius 2 is 2.11 bits per heavy atom. The molecule has 0 spiro atoms. The van der Waals surface area contributed by atoms with E-state index in [1.54, 1.807) is 0 Å². The summed E-state index contributed by atoms with van der Waals surface area (Å²) in [6.45, 7) is 3.90. The van der Waals surface area contributed by atoms with Gasteiger partial charge in [0.25, 0.3) is 5.91 Å². The average molecular weight is 270 g/mol. The van der Waals surface area contributed by atoms with E-state index in [0.717, 1.165) is 18.9 Å². The maximum atomic E-state index is 12.2. The number of amides is 1. The summed E-state index contributed by atoms with van der Waals surface area (Å²) in [6, 6.07) is 2.41. The summed E-state index contributed by atoms with van der Waals surface area (Å²) in [7, 11) is 0. The molecule has 1 N–H and O–H groups in total. The number of hydrogen-bond acceptors (Lipinski definition) is 5. The first-order valence-electron chi connectivity index (χ1n) is 6.21. The molecule has 1 rings (SSSR count). The minimum absolute atomic E-state index is 0.0243. The van der Waals surface area contributed by atoms with E-state index >= 15 is 0 Å². The molecule has 0 radical (unpaired) electrons. The molecule has 0 unspecified atom stereocenters. The number of furan rings is 1. The molecule has 0 saturated carbocycles. The van der Waals surface area contributed by atoms with Gasteiger partial charge in [0.1, 0.15) is 4.92 Å². The number of nitro groups is 1.